The lowest BCUT2D eigenvalue weighted by molar-refractivity contribution is -0.137. The Morgan fingerprint density at radius 1 is 0.944 bits per heavy atom. The molecule has 6 nitrogen and oxygen atoms in total. The van der Waals surface area contributed by atoms with Gasteiger partial charge < -0.3 is 10.0 Å². The van der Waals surface area contributed by atoms with Crippen LogP contribution in [0.3, 0.4) is 0 Å². The van der Waals surface area contributed by atoms with Crippen molar-refractivity contribution in [1.29, 1.82) is 0 Å². The summed E-state index contributed by atoms with van der Waals surface area (Å²) in [6, 6.07) is 18.8. The first kappa shape index (κ1) is 25.7. The SMILES string of the molecule is O=C(c1ccc(NS(=O)(=O)c2cccc(C(F)(F)F)c2)cc1)N1CCC(O)(Cc2ccccc2)CC1. The summed E-state index contributed by atoms with van der Waals surface area (Å²) in [4.78, 5) is 14.0. The van der Waals surface area contributed by atoms with Crippen LogP contribution in [0.1, 0.15) is 34.3 Å². The fourth-order valence-corrected chi connectivity index (χ4v) is 5.30. The average molecular weight is 519 g/mol. The predicted octanol–water partition coefficient (Wildman–Crippen LogP) is 4.72. The van der Waals surface area contributed by atoms with E-state index in [0.29, 0.717) is 44.0 Å². The number of alkyl halides is 3. The summed E-state index contributed by atoms with van der Waals surface area (Å²) in [5.74, 6) is -0.246. The first-order chi connectivity index (χ1) is 17.0. The molecule has 190 valence electrons. The van der Waals surface area contributed by atoms with Gasteiger partial charge in [0.2, 0.25) is 0 Å². The van der Waals surface area contributed by atoms with E-state index in [1.807, 2.05) is 30.3 Å². The number of aliphatic hydroxyl groups is 1. The van der Waals surface area contributed by atoms with Crippen LogP contribution in [0.25, 0.3) is 0 Å². The Kier molecular flexibility index (Phi) is 7.10. The van der Waals surface area contributed by atoms with Gasteiger partial charge in [0.25, 0.3) is 15.9 Å². The molecule has 0 saturated carbocycles. The summed E-state index contributed by atoms with van der Waals surface area (Å²) >= 11 is 0. The van der Waals surface area contributed by atoms with E-state index < -0.39 is 32.3 Å². The van der Waals surface area contributed by atoms with Crippen LogP contribution >= 0.6 is 0 Å². The van der Waals surface area contributed by atoms with Crippen LogP contribution < -0.4 is 4.72 Å². The second kappa shape index (κ2) is 9.94. The highest BCUT2D eigenvalue weighted by Crippen LogP contribution is 2.31. The zero-order chi connectivity index (χ0) is 26.0. The van der Waals surface area contributed by atoms with E-state index >= 15 is 0 Å². The number of nitrogens with one attached hydrogen (secondary N) is 1. The number of anilines is 1. The topological polar surface area (TPSA) is 86.7 Å². The summed E-state index contributed by atoms with van der Waals surface area (Å²) in [5.41, 5.74) is -0.472. The van der Waals surface area contributed by atoms with Gasteiger partial charge in [-0.3, -0.25) is 9.52 Å². The van der Waals surface area contributed by atoms with Crippen molar-refractivity contribution in [3.8, 4) is 0 Å². The largest absolute Gasteiger partial charge is 0.416 e. The first-order valence-corrected chi connectivity index (χ1v) is 12.8. The number of carbonyl (C=O) groups is 1. The molecule has 2 N–H and O–H groups in total. The van der Waals surface area contributed by atoms with Gasteiger partial charge in [-0.1, -0.05) is 36.4 Å². The molecule has 0 bridgehead atoms. The number of hydrogen-bond donors (Lipinski definition) is 2. The van der Waals surface area contributed by atoms with Crippen molar-refractivity contribution in [2.24, 2.45) is 0 Å². The number of benzene rings is 3. The van der Waals surface area contributed by atoms with Crippen LogP contribution in [0, 0.1) is 0 Å². The van der Waals surface area contributed by atoms with E-state index in [-0.39, 0.29) is 11.6 Å². The van der Waals surface area contributed by atoms with E-state index in [2.05, 4.69) is 4.72 Å². The minimum Gasteiger partial charge on any atom is -0.389 e. The van der Waals surface area contributed by atoms with E-state index in [1.54, 1.807) is 4.90 Å². The number of carbonyl (C=O) groups excluding carboxylic acids is 1. The van der Waals surface area contributed by atoms with Gasteiger partial charge in [-0.25, -0.2) is 8.42 Å². The Balaban J connectivity index is 1.38. The van der Waals surface area contributed by atoms with E-state index in [9.17, 15) is 31.5 Å². The Morgan fingerprint density at radius 3 is 2.19 bits per heavy atom. The summed E-state index contributed by atoms with van der Waals surface area (Å²) < 4.78 is 66.2. The molecule has 0 spiro atoms. The van der Waals surface area contributed by atoms with Crippen molar-refractivity contribution in [3.05, 3.63) is 95.6 Å². The molecule has 0 atom stereocenters. The number of rotatable bonds is 6. The summed E-state index contributed by atoms with van der Waals surface area (Å²) in [7, 11) is -4.26. The van der Waals surface area contributed by atoms with Crippen LogP contribution in [0.5, 0.6) is 0 Å². The van der Waals surface area contributed by atoms with Gasteiger partial charge in [0.1, 0.15) is 0 Å². The molecule has 3 aromatic carbocycles. The normalized spacial score (nSPS) is 15.9. The predicted molar refractivity (Wildman–Crippen MR) is 129 cm³/mol. The zero-order valence-electron chi connectivity index (χ0n) is 19.2. The molecule has 1 heterocycles. The first-order valence-electron chi connectivity index (χ1n) is 11.3. The highest BCUT2D eigenvalue weighted by Gasteiger charge is 2.34. The maximum Gasteiger partial charge on any atom is 0.416 e. The fourth-order valence-electron chi connectivity index (χ4n) is 4.20. The van der Waals surface area contributed by atoms with Crippen LogP contribution in [0.4, 0.5) is 18.9 Å². The van der Waals surface area contributed by atoms with Crippen molar-refractivity contribution >= 4 is 21.6 Å². The highest BCUT2D eigenvalue weighted by atomic mass is 32.2. The summed E-state index contributed by atoms with van der Waals surface area (Å²) in [6.07, 6.45) is -3.29. The summed E-state index contributed by atoms with van der Waals surface area (Å²) in [5, 5.41) is 10.9. The quantitative estimate of drug-likeness (QED) is 0.495. The number of sulfonamides is 1. The van der Waals surface area contributed by atoms with Crippen LogP contribution in [0.2, 0.25) is 0 Å². The maximum atomic E-state index is 12.9. The third-order valence-corrected chi connectivity index (χ3v) is 7.59. The van der Waals surface area contributed by atoms with Crippen molar-refractivity contribution in [2.45, 2.75) is 35.9 Å². The number of amides is 1. The van der Waals surface area contributed by atoms with Gasteiger partial charge in [0.15, 0.2) is 0 Å². The lowest BCUT2D eigenvalue weighted by Crippen LogP contribution is -2.47. The molecule has 1 fully saturated rings. The number of nitrogens with zero attached hydrogens (tertiary/aromatic N) is 1. The number of halogens is 3. The summed E-state index contributed by atoms with van der Waals surface area (Å²) in [6.45, 7) is 0.762. The molecule has 0 unspecified atom stereocenters. The molecule has 0 aliphatic carbocycles. The molecule has 1 saturated heterocycles. The highest BCUT2D eigenvalue weighted by molar-refractivity contribution is 7.92. The van der Waals surface area contributed by atoms with Gasteiger partial charge in [-0.15, -0.1) is 0 Å². The molecular weight excluding hydrogens is 493 g/mol. The number of likely N-dealkylation sites (tertiary alicyclic amines) is 1. The Morgan fingerprint density at radius 2 is 1.58 bits per heavy atom. The lowest BCUT2D eigenvalue weighted by Gasteiger charge is -2.38. The molecule has 4 rings (SSSR count). The third-order valence-electron chi connectivity index (χ3n) is 6.21. The molecule has 1 amide bonds. The van der Waals surface area contributed by atoms with Crippen molar-refractivity contribution in [1.82, 2.24) is 4.90 Å². The van der Waals surface area contributed by atoms with E-state index in [4.69, 9.17) is 0 Å². The Bertz CT molecular complexity index is 1320. The van der Waals surface area contributed by atoms with Gasteiger partial charge in [-0.2, -0.15) is 13.2 Å². The Hall–Kier alpha value is -3.37. The molecule has 1 aliphatic rings. The second-order valence-electron chi connectivity index (χ2n) is 8.89. The van der Waals surface area contributed by atoms with E-state index in [0.717, 1.165) is 23.8 Å². The molecule has 3 aromatic rings. The third kappa shape index (κ3) is 6.06. The number of piperidine rings is 1. The lowest BCUT2D eigenvalue weighted by atomic mass is 9.85. The minimum atomic E-state index is -4.67. The van der Waals surface area contributed by atoms with Gasteiger partial charge in [0.05, 0.1) is 16.1 Å². The fraction of sp³-hybridized carbons (Fsp3) is 0.269. The van der Waals surface area contributed by atoms with Gasteiger partial charge >= 0.3 is 6.18 Å². The second-order valence-corrected chi connectivity index (χ2v) is 10.6. The number of hydrogen-bond acceptors (Lipinski definition) is 4. The van der Waals surface area contributed by atoms with Crippen LogP contribution in [-0.2, 0) is 22.6 Å². The van der Waals surface area contributed by atoms with Crippen molar-refractivity contribution in [3.63, 3.8) is 0 Å². The van der Waals surface area contributed by atoms with Crippen LogP contribution in [0.15, 0.2) is 83.8 Å². The average Bonchev–Trinajstić information content (AvgIpc) is 2.84. The minimum absolute atomic E-state index is 0.111. The molecule has 10 heteroatoms. The molecule has 0 aromatic heterocycles. The maximum absolute atomic E-state index is 12.9. The van der Waals surface area contributed by atoms with Crippen molar-refractivity contribution in [2.75, 3.05) is 17.8 Å². The monoisotopic (exact) mass is 518 g/mol. The van der Waals surface area contributed by atoms with Gasteiger partial charge in [-0.05, 0) is 60.9 Å². The Labute approximate surface area is 207 Å². The van der Waals surface area contributed by atoms with E-state index in [1.165, 1.54) is 24.3 Å². The smallest absolute Gasteiger partial charge is 0.389 e. The van der Waals surface area contributed by atoms with Gasteiger partial charge in [0, 0.05) is 30.8 Å². The van der Waals surface area contributed by atoms with Crippen molar-refractivity contribution < 1.29 is 31.5 Å². The van der Waals surface area contributed by atoms with Crippen LogP contribution in [-0.4, -0.2) is 43.0 Å². The molecule has 1 aliphatic heterocycles. The zero-order valence-corrected chi connectivity index (χ0v) is 20.0. The standard InChI is InChI=1S/C26H25F3N2O4S/c27-26(28,29)21-7-4-8-23(17-21)36(34,35)30-22-11-9-20(10-12-22)24(32)31-15-13-25(33,14-16-31)18-19-5-2-1-3-6-19/h1-12,17,30,33H,13-16,18H2. The molecule has 0 radical (unpaired) electrons. The molecular formula is C26H25F3N2O4S. The molecule has 36 heavy (non-hydrogen) atoms.